The van der Waals surface area contributed by atoms with E-state index in [1.807, 2.05) is 0 Å². The van der Waals surface area contributed by atoms with Gasteiger partial charge in [0.1, 0.15) is 0 Å². The van der Waals surface area contributed by atoms with Crippen LogP contribution in [0.2, 0.25) is 0 Å². The van der Waals surface area contributed by atoms with E-state index in [1.165, 1.54) is 0 Å². The first kappa shape index (κ1) is 7.09. The fraction of sp³-hybridized carbons (Fsp3) is 0.833. The first-order valence-electron chi connectivity index (χ1n) is 3.13. The molecule has 1 aliphatic heterocycles. The Kier molecular flexibility index (Phi) is 2.54. The fourth-order valence-electron chi connectivity index (χ4n) is 0.756. The lowest BCUT2D eigenvalue weighted by Crippen LogP contribution is -2.04. The van der Waals surface area contributed by atoms with Crippen LogP contribution in [0.25, 0.3) is 0 Å². The molecule has 0 saturated carbocycles. The van der Waals surface area contributed by atoms with E-state index >= 15 is 0 Å². The molecule has 0 saturated heterocycles. The highest BCUT2D eigenvalue weighted by atomic mass is 32.2. The van der Waals surface area contributed by atoms with Crippen molar-refractivity contribution in [1.82, 2.24) is 0 Å². The SMILES string of the molecule is CC(O)CC1=NCCS1. The molecule has 0 spiro atoms. The lowest BCUT2D eigenvalue weighted by atomic mass is 10.3. The lowest BCUT2D eigenvalue weighted by molar-refractivity contribution is 0.204. The van der Waals surface area contributed by atoms with Gasteiger partial charge in [-0.05, 0) is 6.92 Å². The summed E-state index contributed by atoms with van der Waals surface area (Å²) in [6.45, 7) is 2.73. The van der Waals surface area contributed by atoms with Crippen LogP contribution in [0, 0.1) is 0 Å². The molecule has 0 aromatic heterocycles. The molecule has 1 N–H and O–H groups in total. The molecule has 2 nitrogen and oxygen atoms in total. The van der Waals surface area contributed by atoms with Gasteiger partial charge in [0.15, 0.2) is 0 Å². The van der Waals surface area contributed by atoms with Crippen molar-refractivity contribution in [3.05, 3.63) is 0 Å². The maximum atomic E-state index is 8.92. The molecule has 1 heterocycles. The first-order chi connectivity index (χ1) is 4.29. The summed E-state index contributed by atoms with van der Waals surface area (Å²) >= 11 is 1.76. The summed E-state index contributed by atoms with van der Waals surface area (Å²) in [6, 6.07) is 0. The van der Waals surface area contributed by atoms with Crippen LogP contribution >= 0.6 is 11.8 Å². The number of aliphatic imine (C=N–C) groups is 1. The molecule has 3 heteroatoms. The molecule has 0 aromatic rings. The summed E-state index contributed by atoms with van der Waals surface area (Å²) in [5, 5.41) is 10.0. The zero-order valence-corrected chi connectivity index (χ0v) is 6.32. The summed E-state index contributed by atoms with van der Waals surface area (Å²) in [5.74, 6) is 1.10. The molecule has 0 aromatic carbocycles. The molecule has 0 aliphatic carbocycles. The van der Waals surface area contributed by atoms with Crippen LogP contribution in [-0.4, -0.2) is 28.6 Å². The number of thioether (sulfide) groups is 1. The van der Waals surface area contributed by atoms with Gasteiger partial charge in [0.2, 0.25) is 0 Å². The average molecular weight is 145 g/mol. The summed E-state index contributed by atoms with van der Waals surface area (Å²) < 4.78 is 0. The van der Waals surface area contributed by atoms with E-state index in [4.69, 9.17) is 5.11 Å². The summed E-state index contributed by atoms with van der Waals surface area (Å²) in [5.41, 5.74) is 0. The van der Waals surface area contributed by atoms with Crippen molar-refractivity contribution in [2.75, 3.05) is 12.3 Å². The molecule has 0 radical (unpaired) electrons. The highest BCUT2D eigenvalue weighted by molar-refractivity contribution is 8.14. The minimum absolute atomic E-state index is 0.227. The van der Waals surface area contributed by atoms with Crippen molar-refractivity contribution in [3.63, 3.8) is 0 Å². The van der Waals surface area contributed by atoms with Crippen LogP contribution < -0.4 is 0 Å². The fourth-order valence-corrected chi connectivity index (χ4v) is 1.72. The highest BCUT2D eigenvalue weighted by Crippen LogP contribution is 2.15. The van der Waals surface area contributed by atoms with Crippen LogP contribution in [-0.2, 0) is 0 Å². The average Bonchev–Trinajstić information content (AvgIpc) is 2.15. The number of hydrogen-bond acceptors (Lipinski definition) is 3. The standard InChI is InChI=1S/C6H11NOS/c1-5(8)4-6-7-2-3-9-6/h5,8H,2-4H2,1H3. The van der Waals surface area contributed by atoms with Gasteiger partial charge in [0, 0.05) is 18.7 Å². The maximum Gasteiger partial charge on any atom is 0.0702 e. The number of rotatable bonds is 2. The number of aliphatic hydroxyl groups excluding tert-OH is 1. The van der Waals surface area contributed by atoms with Crippen molar-refractivity contribution in [1.29, 1.82) is 0 Å². The Balaban J connectivity index is 2.26. The van der Waals surface area contributed by atoms with Crippen molar-refractivity contribution in [2.24, 2.45) is 4.99 Å². The Hall–Kier alpha value is -0.0200. The van der Waals surface area contributed by atoms with Crippen LogP contribution in [0.1, 0.15) is 13.3 Å². The molecular weight excluding hydrogens is 134 g/mol. The predicted octanol–water partition coefficient (Wildman–Crippen LogP) is 0.903. The summed E-state index contributed by atoms with van der Waals surface area (Å²) in [6.07, 6.45) is 0.513. The Labute approximate surface area is 59.4 Å². The second kappa shape index (κ2) is 3.22. The third-order valence-electron chi connectivity index (χ3n) is 1.12. The quantitative estimate of drug-likeness (QED) is 0.626. The minimum Gasteiger partial charge on any atom is -0.393 e. The van der Waals surface area contributed by atoms with Gasteiger partial charge >= 0.3 is 0 Å². The second-order valence-electron chi connectivity index (χ2n) is 2.18. The number of aliphatic hydroxyl groups is 1. The van der Waals surface area contributed by atoms with E-state index in [0.29, 0.717) is 0 Å². The Morgan fingerprint density at radius 1 is 1.89 bits per heavy atom. The van der Waals surface area contributed by atoms with Gasteiger partial charge in [-0.3, -0.25) is 4.99 Å². The number of hydrogen-bond donors (Lipinski definition) is 1. The maximum absolute atomic E-state index is 8.92. The first-order valence-corrected chi connectivity index (χ1v) is 4.12. The lowest BCUT2D eigenvalue weighted by Gasteiger charge is -2.00. The van der Waals surface area contributed by atoms with Crippen molar-refractivity contribution >= 4 is 16.8 Å². The zero-order valence-electron chi connectivity index (χ0n) is 5.50. The zero-order chi connectivity index (χ0) is 6.69. The highest BCUT2D eigenvalue weighted by Gasteiger charge is 2.08. The van der Waals surface area contributed by atoms with Gasteiger partial charge in [0.25, 0.3) is 0 Å². The monoisotopic (exact) mass is 145 g/mol. The summed E-state index contributed by atoms with van der Waals surface area (Å²) in [4.78, 5) is 4.20. The van der Waals surface area contributed by atoms with Gasteiger partial charge in [-0.2, -0.15) is 0 Å². The molecular formula is C6H11NOS. The van der Waals surface area contributed by atoms with Crippen LogP contribution in [0.3, 0.4) is 0 Å². The van der Waals surface area contributed by atoms with E-state index in [0.717, 1.165) is 23.8 Å². The third kappa shape index (κ3) is 2.37. The number of nitrogens with zero attached hydrogens (tertiary/aromatic N) is 1. The molecule has 1 aliphatic rings. The Morgan fingerprint density at radius 2 is 2.67 bits per heavy atom. The van der Waals surface area contributed by atoms with Gasteiger partial charge in [-0.25, -0.2) is 0 Å². The Morgan fingerprint density at radius 3 is 3.11 bits per heavy atom. The summed E-state index contributed by atoms with van der Waals surface area (Å²) in [7, 11) is 0. The predicted molar refractivity (Wildman–Crippen MR) is 41.1 cm³/mol. The van der Waals surface area contributed by atoms with Gasteiger partial charge in [-0.1, -0.05) is 0 Å². The molecule has 1 unspecified atom stereocenters. The normalized spacial score (nSPS) is 21.8. The largest absolute Gasteiger partial charge is 0.393 e. The Bertz CT molecular complexity index is 122. The molecule has 1 rings (SSSR count). The van der Waals surface area contributed by atoms with E-state index in [2.05, 4.69) is 4.99 Å². The van der Waals surface area contributed by atoms with E-state index in [9.17, 15) is 0 Å². The molecule has 52 valence electrons. The van der Waals surface area contributed by atoms with E-state index in [1.54, 1.807) is 18.7 Å². The molecule has 0 bridgehead atoms. The van der Waals surface area contributed by atoms with Crippen LogP contribution in [0.15, 0.2) is 4.99 Å². The van der Waals surface area contributed by atoms with Crippen LogP contribution in [0.5, 0.6) is 0 Å². The minimum atomic E-state index is -0.227. The van der Waals surface area contributed by atoms with Crippen LogP contribution in [0.4, 0.5) is 0 Å². The van der Waals surface area contributed by atoms with E-state index < -0.39 is 0 Å². The van der Waals surface area contributed by atoms with Crippen molar-refractivity contribution in [3.8, 4) is 0 Å². The topological polar surface area (TPSA) is 32.6 Å². The van der Waals surface area contributed by atoms with Gasteiger partial charge in [-0.15, -0.1) is 11.8 Å². The van der Waals surface area contributed by atoms with Crippen molar-refractivity contribution in [2.45, 2.75) is 19.4 Å². The molecule has 9 heavy (non-hydrogen) atoms. The second-order valence-corrected chi connectivity index (χ2v) is 3.35. The molecule has 1 atom stereocenters. The van der Waals surface area contributed by atoms with Gasteiger partial charge < -0.3 is 5.11 Å². The van der Waals surface area contributed by atoms with Gasteiger partial charge in [0.05, 0.1) is 11.1 Å². The van der Waals surface area contributed by atoms with Crippen molar-refractivity contribution < 1.29 is 5.11 Å². The third-order valence-corrected chi connectivity index (χ3v) is 2.13. The molecule has 0 amide bonds. The molecule has 0 fully saturated rings. The van der Waals surface area contributed by atoms with E-state index in [-0.39, 0.29) is 6.10 Å². The smallest absolute Gasteiger partial charge is 0.0702 e.